The lowest BCUT2D eigenvalue weighted by molar-refractivity contribution is -0.145. The molecule has 4 rings (SSSR count). The first-order valence-electron chi connectivity index (χ1n) is 9.86. The first-order valence-corrected chi connectivity index (χ1v) is 10.5. The normalized spacial score (nSPS) is 11.3. The number of amides is 1. The van der Waals surface area contributed by atoms with E-state index in [-0.39, 0.29) is 18.6 Å². The summed E-state index contributed by atoms with van der Waals surface area (Å²) in [7, 11) is 0. The monoisotopic (exact) mass is 405 g/mol. The maximum absolute atomic E-state index is 11.9. The highest BCUT2D eigenvalue weighted by atomic mass is 32.1. The molecule has 4 nitrogen and oxygen atoms in total. The van der Waals surface area contributed by atoms with E-state index in [9.17, 15) is 9.59 Å². The lowest BCUT2D eigenvalue weighted by Crippen LogP contribution is -2.27. The SMILES string of the molecule is O=C(CCS)NCOC(=O)CCCc1ccc2ccc3cccc4ccc1c2c34. The van der Waals surface area contributed by atoms with E-state index in [1.807, 2.05) is 0 Å². The molecule has 0 fully saturated rings. The minimum atomic E-state index is -0.297. The van der Waals surface area contributed by atoms with Gasteiger partial charge in [-0.3, -0.25) is 9.59 Å². The Morgan fingerprint density at radius 1 is 0.862 bits per heavy atom. The van der Waals surface area contributed by atoms with Crippen LogP contribution in [0.5, 0.6) is 0 Å². The van der Waals surface area contributed by atoms with Crippen molar-refractivity contribution < 1.29 is 14.3 Å². The molecule has 0 bridgehead atoms. The zero-order valence-electron chi connectivity index (χ0n) is 16.1. The number of aryl methyl sites for hydroxylation is 1. The van der Waals surface area contributed by atoms with Crippen molar-refractivity contribution in [2.75, 3.05) is 12.5 Å². The maximum Gasteiger partial charge on any atom is 0.307 e. The van der Waals surface area contributed by atoms with Crippen LogP contribution in [0.2, 0.25) is 0 Å². The molecule has 4 aromatic carbocycles. The second kappa shape index (κ2) is 8.70. The summed E-state index contributed by atoms with van der Waals surface area (Å²) in [6.45, 7) is -0.0792. The number of hydrogen-bond acceptors (Lipinski definition) is 4. The molecule has 0 aliphatic rings. The Kier molecular flexibility index (Phi) is 5.86. The van der Waals surface area contributed by atoms with Crippen LogP contribution in [0.15, 0.2) is 54.6 Å². The van der Waals surface area contributed by atoms with Crippen LogP contribution in [0, 0.1) is 0 Å². The number of thiol groups is 1. The Balaban J connectivity index is 1.44. The van der Waals surface area contributed by atoms with Gasteiger partial charge < -0.3 is 10.1 Å². The van der Waals surface area contributed by atoms with E-state index >= 15 is 0 Å². The van der Waals surface area contributed by atoms with Gasteiger partial charge in [-0.05, 0) is 56.5 Å². The van der Waals surface area contributed by atoms with Crippen molar-refractivity contribution in [2.24, 2.45) is 0 Å². The van der Waals surface area contributed by atoms with E-state index in [0.29, 0.717) is 25.0 Å². The predicted octanol–water partition coefficient (Wildman–Crippen LogP) is 4.84. The van der Waals surface area contributed by atoms with Crippen LogP contribution in [-0.2, 0) is 20.7 Å². The molecule has 0 unspecified atom stereocenters. The van der Waals surface area contributed by atoms with Crippen LogP contribution < -0.4 is 5.32 Å². The van der Waals surface area contributed by atoms with Gasteiger partial charge in [0.25, 0.3) is 0 Å². The zero-order chi connectivity index (χ0) is 20.2. The molecule has 1 amide bonds. The van der Waals surface area contributed by atoms with E-state index < -0.39 is 0 Å². The lowest BCUT2D eigenvalue weighted by Gasteiger charge is -2.14. The van der Waals surface area contributed by atoms with Gasteiger partial charge in [0, 0.05) is 12.8 Å². The Labute approximate surface area is 175 Å². The molecule has 148 valence electrons. The van der Waals surface area contributed by atoms with Crippen molar-refractivity contribution in [2.45, 2.75) is 25.7 Å². The Bertz CT molecular complexity index is 1160. The zero-order valence-corrected chi connectivity index (χ0v) is 17.0. The lowest BCUT2D eigenvalue weighted by atomic mass is 9.90. The summed E-state index contributed by atoms with van der Waals surface area (Å²) in [6.07, 6.45) is 2.14. The molecule has 29 heavy (non-hydrogen) atoms. The van der Waals surface area contributed by atoms with Crippen LogP contribution in [0.1, 0.15) is 24.8 Å². The molecule has 0 atom stereocenters. The van der Waals surface area contributed by atoms with Crippen molar-refractivity contribution in [1.29, 1.82) is 0 Å². The van der Waals surface area contributed by atoms with Gasteiger partial charge in [-0.15, -0.1) is 0 Å². The smallest absolute Gasteiger partial charge is 0.307 e. The molecule has 5 heteroatoms. The summed E-state index contributed by atoms with van der Waals surface area (Å²) in [4.78, 5) is 23.3. The molecule has 0 aliphatic heterocycles. The van der Waals surface area contributed by atoms with Crippen LogP contribution in [0.3, 0.4) is 0 Å². The number of nitrogens with one attached hydrogen (secondary N) is 1. The van der Waals surface area contributed by atoms with E-state index in [4.69, 9.17) is 4.74 Å². The number of ether oxygens (including phenoxy) is 1. The van der Waals surface area contributed by atoms with Crippen molar-refractivity contribution in [1.82, 2.24) is 5.32 Å². The van der Waals surface area contributed by atoms with Crippen LogP contribution in [0.4, 0.5) is 0 Å². The molecule has 1 N–H and O–H groups in total. The van der Waals surface area contributed by atoms with Crippen LogP contribution in [-0.4, -0.2) is 24.4 Å². The largest absolute Gasteiger partial charge is 0.444 e. The number of carbonyl (C=O) groups is 2. The van der Waals surface area contributed by atoms with Crippen molar-refractivity contribution in [3.63, 3.8) is 0 Å². The molecule has 0 aliphatic carbocycles. The summed E-state index contributed by atoms with van der Waals surface area (Å²) >= 11 is 3.99. The molecule has 0 heterocycles. The van der Waals surface area contributed by atoms with Crippen LogP contribution in [0.25, 0.3) is 32.3 Å². The summed E-state index contributed by atoms with van der Waals surface area (Å²) in [6, 6.07) is 19.4. The van der Waals surface area contributed by atoms with Gasteiger partial charge in [-0.2, -0.15) is 12.6 Å². The molecule has 0 spiro atoms. The number of rotatable bonds is 8. The number of hydrogen-bond donors (Lipinski definition) is 2. The topological polar surface area (TPSA) is 55.4 Å². The summed E-state index contributed by atoms with van der Waals surface area (Å²) < 4.78 is 5.08. The number of carbonyl (C=O) groups excluding carboxylic acids is 2. The van der Waals surface area contributed by atoms with E-state index in [2.05, 4.69) is 72.5 Å². The van der Waals surface area contributed by atoms with Crippen LogP contribution >= 0.6 is 12.6 Å². The van der Waals surface area contributed by atoms with E-state index in [1.165, 1.54) is 37.9 Å². The predicted molar refractivity (Wildman–Crippen MR) is 121 cm³/mol. The third-order valence-corrected chi connectivity index (χ3v) is 5.51. The van der Waals surface area contributed by atoms with Gasteiger partial charge in [0.05, 0.1) is 0 Å². The van der Waals surface area contributed by atoms with E-state index in [0.717, 1.165) is 6.42 Å². The van der Waals surface area contributed by atoms with Crippen molar-refractivity contribution in [3.8, 4) is 0 Å². The minimum Gasteiger partial charge on any atom is -0.444 e. The molecular weight excluding hydrogens is 382 g/mol. The first kappa shape index (κ1) is 19.5. The van der Waals surface area contributed by atoms with Gasteiger partial charge in [-0.1, -0.05) is 54.6 Å². The third kappa shape index (κ3) is 4.15. The van der Waals surface area contributed by atoms with Crippen molar-refractivity contribution in [3.05, 3.63) is 60.2 Å². The second-order valence-corrected chi connectivity index (χ2v) is 7.62. The van der Waals surface area contributed by atoms with Crippen molar-refractivity contribution >= 4 is 56.8 Å². The molecule has 0 saturated carbocycles. The minimum absolute atomic E-state index is 0.0792. The van der Waals surface area contributed by atoms with Gasteiger partial charge in [-0.25, -0.2) is 0 Å². The Morgan fingerprint density at radius 3 is 2.31 bits per heavy atom. The number of esters is 1. The van der Waals surface area contributed by atoms with Gasteiger partial charge >= 0.3 is 5.97 Å². The maximum atomic E-state index is 11.9. The highest BCUT2D eigenvalue weighted by Crippen LogP contribution is 2.36. The fourth-order valence-corrected chi connectivity index (χ4v) is 4.10. The summed E-state index contributed by atoms with van der Waals surface area (Å²) in [5.41, 5.74) is 1.24. The second-order valence-electron chi connectivity index (χ2n) is 7.17. The van der Waals surface area contributed by atoms with E-state index in [1.54, 1.807) is 0 Å². The Morgan fingerprint density at radius 2 is 1.55 bits per heavy atom. The standard InChI is InChI=1S/C24H23NO3S/c26-21(13-14-29)25-15-28-22(27)6-2-3-16-7-8-19-10-9-17-4-1-5-18-11-12-20(16)24(19)23(17)18/h1,4-5,7-12,29H,2-3,6,13-15H2,(H,25,26). The van der Waals surface area contributed by atoms with Gasteiger partial charge in [0.15, 0.2) is 6.73 Å². The summed E-state index contributed by atoms with van der Waals surface area (Å²) in [5.74, 6) is 0.00867. The molecule has 0 radical (unpaired) electrons. The average Bonchev–Trinajstić information content (AvgIpc) is 2.73. The van der Waals surface area contributed by atoms with Gasteiger partial charge in [0.2, 0.25) is 5.91 Å². The molecule has 0 saturated heterocycles. The molecular formula is C24H23NO3S. The number of benzene rings is 4. The quantitative estimate of drug-likeness (QED) is 0.191. The Hall–Kier alpha value is -2.79. The fraction of sp³-hybridized carbons (Fsp3) is 0.250. The molecule has 4 aromatic rings. The molecule has 0 aromatic heterocycles. The highest BCUT2D eigenvalue weighted by Gasteiger charge is 2.11. The first-order chi connectivity index (χ1) is 14.2. The van der Waals surface area contributed by atoms with Gasteiger partial charge in [0.1, 0.15) is 0 Å². The third-order valence-electron chi connectivity index (χ3n) is 5.29. The highest BCUT2D eigenvalue weighted by molar-refractivity contribution is 7.80. The average molecular weight is 406 g/mol. The summed E-state index contributed by atoms with van der Waals surface area (Å²) in [5, 5.41) is 10.1. The fourth-order valence-electron chi connectivity index (χ4n) is 3.90.